The Balaban J connectivity index is 1.69. The molecule has 0 unspecified atom stereocenters. The molecule has 150 valence electrons. The third-order valence-corrected chi connectivity index (χ3v) is 6.83. The van der Waals surface area contributed by atoms with Crippen molar-refractivity contribution in [2.75, 3.05) is 7.11 Å². The molecule has 4 aromatic rings. The fraction of sp³-hybridized carbons (Fsp3) is 0.158. The number of nitrogens with one attached hydrogen (secondary N) is 1. The molecule has 0 spiro atoms. The number of methoxy groups -OCH3 is 1. The molecule has 0 amide bonds. The van der Waals surface area contributed by atoms with Gasteiger partial charge in [-0.15, -0.1) is 0 Å². The molecule has 29 heavy (non-hydrogen) atoms. The van der Waals surface area contributed by atoms with Crippen LogP contribution in [-0.4, -0.2) is 30.1 Å². The van der Waals surface area contributed by atoms with Gasteiger partial charge in [-0.1, -0.05) is 53.3 Å². The Bertz CT molecular complexity index is 1280. The Morgan fingerprint density at radius 2 is 1.97 bits per heavy atom. The van der Waals surface area contributed by atoms with E-state index in [-0.39, 0.29) is 16.5 Å². The molecule has 1 N–H and O–H groups in total. The van der Waals surface area contributed by atoms with Gasteiger partial charge in [0.1, 0.15) is 10.8 Å². The summed E-state index contributed by atoms with van der Waals surface area (Å²) in [7, 11) is -2.33. The van der Waals surface area contributed by atoms with Crippen molar-refractivity contribution in [1.82, 2.24) is 19.3 Å². The molecule has 0 aliphatic carbocycles. The zero-order valence-electron chi connectivity index (χ0n) is 15.6. The van der Waals surface area contributed by atoms with Gasteiger partial charge in [-0.2, -0.15) is 5.10 Å². The third kappa shape index (κ3) is 3.86. The van der Waals surface area contributed by atoms with E-state index in [1.807, 2.05) is 37.3 Å². The van der Waals surface area contributed by atoms with Crippen molar-refractivity contribution in [3.8, 4) is 17.0 Å². The van der Waals surface area contributed by atoms with Crippen molar-refractivity contribution in [2.45, 2.75) is 18.4 Å². The Kier molecular flexibility index (Phi) is 5.30. The maximum atomic E-state index is 12.8. The van der Waals surface area contributed by atoms with Gasteiger partial charge < -0.3 is 4.74 Å². The minimum absolute atomic E-state index is 0.0283. The molecule has 7 nitrogen and oxygen atoms in total. The van der Waals surface area contributed by atoms with Gasteiger partial charge >= 0.3 is 0 Å². The number of ether oxygens (including phenoxy) is 1. The molecule has 0 saturated carbocycles. The quantitative estimate of drug-likeness (QED) is 0.483. The molecule has 0 atom stereocenters. The number of halogens is 1. The first-order valence-corrected chi connectivity index (χ1v) is 11.3. The molecule has 0 aliphatic heterocycles. The van der Waals surface area contributed by atoms with Crippen LogP contribution in [0, 0.1) is 6.92 Å². The van der Waals surface area contributed by atoms with E-state index < -0.39 is 10.0 Å². The molecule has 2 heterocycles. The summed E-state index contributed by atoms with van der Waals surface area (Å²) in [5, 5.41) is 5.54. The third-order valence-electron chi connectivity index (χ3n) is 4.31. The number of rotatable bonds is 6. The first-order valence-electron chi connectivity index (χ1n) is 8.63. The highest BCUT2D eigenvalue weighted by Crippen LogP contribution is 2.29. The normalized spacial score (nSPS) is 11.8. The van der Waals surface area contributed by atoms with Gasteiger partial charge in [0.05, 0.1) is 35.0 Å². The van der Waals surface area contributed by atoms with E-state index in [1.165, 1.54) is 36.6 Å². The summed E-state index contributed by atoms with van der Waals surface area (Å²) in [4.78, 5) is 5.43. The zero-order chi connectivity index (χ0) is 20.6. The van der Waals surface area contributed by atoms with Gasteiger partial charge in [-0.3, -0.25) is 0 Å². The molecular weight excluding hydrogens is 432 g/mol. The largest absolute Gasteiger partial charge is 0.495 e. The second kappa shape index (κ2) is 7.75. The lowest BCUT2D eigenvalue weighted by Gasteiger charge is -2.09. The first-order chi connectivity index (χ1) is 13.9. The van der Waals surface area contributed by atoms with E-state index >= 15 is 0 Å². The first kappa shape index (κ1) is 19.8. The lowest BCUT2D eigenvalue weighted by molar-refractivity contribution is 0.414. The van der Waals surface area contributed by atoms with Crippen molar-refractivity contribution in [3.05, 3.63) is 64.3 Å². The minimum Gasteiger partial charge on any atom is -0.495 e. The topological polar surface area (TPSA) is 85.6 Å². The van der Waals surface area contributed by atoms with E-state index in [0.29, 0.717) is 22.1 Å². The van der Waals surface area contributed by atoms with Gasteiger partial charge in [0.25, 0.3) is 0 Å². The second-order valence-electron chi connectivity index (χ2n) is 6.21. The van der Waals surface area contributed by atoms with Crippen LogP contribution in [0.5, 0.6) is 5.75 Å². The summed E-state index contributed by atoms with van der Waals surface area (Å²) in [5.41, 5.74) is 2.25. The molecule has 0 saturated heterocycles. The average Bonchev–Trinajstić information content (AvgIpc) is 3.23. The van der Waals surface area contributed by atoms with Gasteiger partial charge in [0.2, 0.25) is 15.0 Å². The molecule has 4 rings (SSSR count). The maximum Gasteiger partial charge on any atom is 0.240 e. The van der Waals surface area contributed by atoms with E-state index in [1.54, 1.807) is 4.52 Å². The summed E-state index contributed by atoms with van der Waals surface area (Å²) in [6.07, 6.45) is 0. The highest BCUT2D eigenvalue weighted by atomic mass is 35.5. The molecule has 2 aromatic heterocycles. The van der Waals surface area contributed by atoms with Crippen LogP contribution in [0.3, 0.4) is 0 Å². The number of hydrogen-bond donors (Lipinski definition) is 1. The molecule has 0 aliphatic rings. The number of fused-ring (bicyclic) bond motifs is 1. The summed E-state index contributed by atoms with van der Waals surface area (Å²) in [6, 6.07) is 13.9. The van der Waals surface area contributed by atoms with Crippen LogP contribution < -0.4 is 9.46 Å². The van der Waals surface area contributed by atoms with Gasteiger partial charge in [-0.25, -0.2) is 22.6 Å². The highest BCUT2D eigenvalue weighted by molar-refractivity contribution is 7.89. The van der Waals surface area contributed by atoms with Crippen molar-refractivity contribution < 1.29 is 13.2 Å². The minimum atomic E-state index is -3.80. The average molecular weight is 449 g/mol. The molecule has 0 bridgehead atoms. The molecule has 10 heteroatoms. The number of benzene rings is 2. The second-order valence-corrected chi connectivity index (χ2v) is 9.54. The van der Waals surface area contributed by atoms with E-state index in [9.17, 15) is 8.42 Å². The van der Waals surface area contributed by atoms with E-state index in [2.05, 4.69) is 14.8 Å². The van der Waals surface area contributed by atoms with Crippen LogP contribution in [0.2, 0.25) is 5.02 Å². The van der Waals surface area contributed by atoms with Crippen LogP contribution in [-0.2, 0) is 16.6 Å². The fourth-order valence-electron chi connectivity index (χ4n) is 2.93. The number of nitrogens with zero attached hydrogens (tertiary/aromatic N) is 3. The van der Waals surface area contributed by atoms with Crippen LogP contribution in [0.4, 0.5) is 0 Å². The van der Waals surface area contributed by atoms with Gasteiger partial charge in [-0.05, 0) is 25.1 Å². The van der Waals surface area contributed by atoms with E-state index in [4.69, 9.17) is 16.3 Å². The lowest BCUT2D eigenvalue weighted by atomic mass is 10.1. The predicted octanol–water partition coefficient (Wildman–Crippen LogP) is 3.91. The van der Waals surface area contributed by atoms with Crippen molar-refractivity contribution in [1.29, 1.82) is 0 Å². The Morgan fingerprint density at radius 1 is 1.21 bits per heavy atom. The van der Waals surface area contributed by atoms with Crippen LogP contribution >= 0.6 is 22.9 Å². The summed E-state index contributed by atoms with van der Waals surface area (Å²) in [5.74, 6) is 0.410. The maximum absolute atomic E-state index is 12.8. The molecule has 0 fully saturated rings. The van der Waals surface area contributed by atoms with E-state index in [0.717, 1.165) is 10.6 Å². The van der Waals surface area contributed by atoms with Crippen molar-refractivity contribution >= 4 is 37.9 Å². The SMILES string of the molecule is COc1ccc(S(=O)(=O)NCc2c(-c3ccccc3)nc3sc(C)nn23)cc1Cl. The van der Waals surface area contributed by atoms with Crippen molar-refractivity contribution in [3.63, 3.8) is 0 Å². The predicted molar refractivity (Wildman–Crippen MR) is 113 cm³/mol. The summed E-state index contributed by atoms with van der Waals surface area (Å²) < 4.78 is 35.0. The Labute approximate surface area is 177 Å². The smallest absolute Gasteiger partial charge is 0.240 e. The summed E-state index contributed by atoms with van der Waals surface area (Å²) in [6.45, 7) is 1.91. The Hall–Kier alpha value is -2.46. The van der Waals surface area contributed by atoms with Crippen LogP contribution in [0.15, 0.2) is 53.4 Å². The fourth-order valence-corrected chi connectivity index (χ4v) is 5.03. The Morgan fingerprint density at radius 3 is 2.66 bits per heavy atom. The van der Waals surface area contributed by atoms with Crippen LogP contribution in [0.1, 0.15) is 10.7 Å². The van der Waals surface area contributed by atoms with Gasteiger partial charge in [0.15, 0.2) is 0 Å². The highest BCUT2D eigenvalue weighted by Gasteiger charge is 2.21. The lowest BCUT2D eigenvalue weighted by Crippen LogP contribution is -2.24. The standard InChI is InChI=1S/C19H17ClN4O3S2/c1-12-23-24-16(18(22-19(24)28-12)13-6-4-3-5-7-13)11-21-29(25,26)14-8-9-17(27-2)15(20)10-14/h3-10,21H,11H2,1-2H3. The molecule has 0 radical (unpaired) electrons. The number of hydrogen-bond acceptors (Lipinski definition) is 6. The van der Waals surface area contributed by atoms with Gasteiger partial charge in [0, 0.05) is 5.56 Å². The van der Waals surface area contributed by atoms with Crippen molar-refractivity contribution in [2.24, 2.45) is 0 Å². The summed E-state index contributed by atoms with van der Waals surface area (Å²) >= 11 is 7.53. The zero-order valence-corrected chi connectivity index (χ0v) is 18.0. The number of sulfonamides is 1. The number of aryl methyl sites for hydroxylation is 1. The molecule has 2 aromatic carbocycles. The van der Waals surface area contributed by atoms with Crippen LogP contribution in [0.25, 0.3) is 16.2 Å². The molecular formula is C19H17ClN4O3S2. The number of aromatic nitrogens is 3. The monoisotopic (exact) mass is 448 g/mol. The number of imidazole rings is 1.